The van der Waals surface area contributed by atoms with Crippen LogP contribution in [0.25, 0.3) is 27.5 Å². The second-order valence-electron chi connectivity index (χ2n) is 5.46. The van der Waals surface area contributed by atoms with E-state index >= 15 is 0 Å². The second-order valence-corrected chi connectivity index (χ2v) is 5.46. The third kappa shape index (κ3) is 2.85. The summed E-state index contributed by atoms with van der Waals surface area (Å²) >= 11 is 0. The van der Waals surface area contributed by atoms with Crippen LogP contribution in [0.15, 0.2) is 66.7 Å². The molecule has 0 unspecified atom stereocenters. The van der Waals surface area contributed by atoms with Crippen molar-refractivity contribution in [3.05, 3.63) is 77.9 Å². The predicted octanol–water partition coefficient (Wildman–Crippen LogP) is 5.43. The Kier molecular flexibility index (Phi) is 4.75. The molecule has 124 valence electrons. The number of nitrogens with zero attached hydrogens (tertiary/aromatic N) is 1. The molecule has 3 nitrogen and oxygen atoms in total. The van der Waals surface area contributed by atoms with E-state index in [1.165, 1.54) is 0 Å². The normalized spacial score (nSPS) is 10.3. The van der Waals surface area contributed by atoms with E-state index in [4.69, 9.17) is 0 Å². The topological polar surface area (TPSA) is 39.1 Å². The second kappa shape index (κ2) is 7.14. The summed E-state index contributed by atoms with van der Waals surface area (Å²) in [5.41, 5.74) is 4.41. The highest BCUT2D eigenvalue weighted by Crippen LogP contribution is 2.32. The number of carbonyl (C=O) groups is 2. The van der Waals surface area contributed by atoms with E-state index in [0.29, 0.717) is 11.1 Å². The van der Waals surface area contributed by atoms with Crippen LogP contribution in [0.5, 0.6) is 0 Å². The summed E-state index contributed by atoms with van der Waals surface area (Å²) in [6.45, 7) is 4.00. The lowest BCUT2D eigenvalue weighted by Crippen LogP contribution is -1.94. The van der Waals surface area contributed by atoms with Gasteiger partial charge in [-0.25, -0.2) is 0 Å². The summed E-state index contributed by atoms with van der Waals surface area (Å²) in [4.78, 5) is 22.0. The maximum atomic E-state index is 11.1. The van der Waals surface area contributed by atoms with Crippen LogP contribution in [-0.4, -0.2) is 17.1 Å². The molecule has 25 heavy (non-hydrogen) atoms. The Morgan fingerprint density at radius 1 is 0.680 bits per heavy atom. The van der Waals surface area contributed by atoms with E-state index in [9.17, 15) is 9.59 Å². The first kappa shape index (κ1) is 16.7. The molecule has 3 aromatic carbocycles. The summed E-state index contributed by atoms with van der Waals surface area (Å²) in [7, 11) is 0. The molecule has 0 spiro atoms. The minimum atomic E-state index is 0.651. The highest BCUT2D eigenvalue weighted by Gasteiger charge is 2.12. The smallest absolute Gasteiger partial charge is 0.150 e. The van der Waals surface area contributed by atoms with Gasteiger partial charge in [-0.05, 0) is 48.5 Å². The molecule has 1 aromatic heterocycles. The maximum absolute atomic E-state index is 11.1. The molecule has 0 saturated carbocycles. The van der Waals surface area contributed by atoms with Crippen molar-refractivity contribution in [1.29, 1.82) is 0 Å². The van der Waals surface area contributed by atoms with Crippen molar-refractivity contribution in [3.8, 4) is 5.69 Å². The molecule has 4 rings (SSSR count). The molecule has 0 saturated heterocycles. The number of aromatic nitrogens is 1. The standard InChI is InChI=1S/C20H13NO2.C2H6/c22-12-14-5-8-16(9-6-14)21-19-4-2-1-3-17(19)18-11-15(13-23)7-10-20(18)21;1-2/h1-13H;1-2H3. The van der Waals surface area contributed by atoms with E-state index in [0.717, 1.165) is 40.1 Å². The predicted molar refractivity (Wildman–Crippen MR) is 103 cm³/mol. The van der Waals surface area contributed by atoms with Gasteiger partial charge in [-0.15, -0.1) is 0 Å². The summed E-state index contributed by atoms with van der Waals surface area (Å²) in [6.07, 6.45) is 1.70. The molecule has 0 aliphatic heterocycles. The third-order valence-corrected chi connectivity index (χ3v) is 4.12. The van der Waals surface area contributed by atoms with Gasteiger partial charge < -0.3 is 4.57 Å². The lowest BCUT2D eigenvalue weighted by molar-refractivity contribution is 0.111. The third-order valence-electron chi connectivity index (χ3n) is 4.12. The van der Waals surface area contributed by atoms with Crippen LogP contribution in [0.1, 0.15) is 34.6 Å². The van der Waals surface area contributed by atoms with E-state index in [2.05, 4.69) is 16.7 Å². The van der Waals surface area contributed by atoms with E-state index in [1.807, 2.05) is 68.4 Å². The van der Waals surface area contributed by atoms with Crippen molar-refractivity contribution < 1.29 is 9.59 Å². The Morgan fingerprint density at radius 2 is 1.28 bits per heavy atom. The maximum Gasteiger partial charge on any atom is 0.150 e. The number of carbonyl (C=O) groups excluding carboxylic acids is 2. The van der Waals surface area contributed by atoms with Crippen LogP contribution in [0.2, 0.25) is 0 Å². The van der Waals surface area contributed by atoms with Gasteiger partial charge in [0, 0.05) is 27.6 Å². The van der Waals surface area contributed by atoms with Gasteiger partial charge in [-0.3, -0.25) is 9.59 Å². The average molecular weight is 329 g/mol. The lowest BCUT2D eigenvalue weighted by Gasteiger charge is -2.07. The Morgan fingerprint density at radius 3 is 1.96 bits per heavy atom. The Labute approximate surface area is 146 Å². The van der Waals surface area contributed by atoms with Gasteiger partial charge in [0.25, 0.3) is 0 Å². The minimum absolute atomic E-state index is 0.651. The fourth-order valence-electron chi connectivity index (χ4n) is 3.04. The Hall–Kier alpha value is -3.20. The first-order valence-corrected chi connectivity index (χ1v) is 8.36. The molecule has 0 aliphatic carbocycles. The highest BCUT2D eigenvalue weighted by molar-refractivity contribution is 6.10. The van der Waals surface area contributed by atoms with Gasteiger partial charge in [0.2, 0.25) is 0 Å². The first-order valence-electron chi connectivity index (χ1n) is 8.36. The summed E-state index contributed by atoms with van der Waals surface area (Å²) < 4.78 is 2.15. The van der Waals surface area contributed by atoms with Crippen LogP contribution in [0.3, 0.4) is 0 Å². The highest BCUT2D eigenvalue weighted by atomic mass is 16.1. The quantitative estimate of drug-likeness (QED) is 0.470. The van der Waals surface area contributed by atoms with Gasteiger partial charge in [-0.1, -0.05) is 32.0 Å². The molecule has 0 aliphatic rings. The zero-order chi connectivity index (χ0) is 17.8. The summed E-state index contributed by atoms with van der Waals surface area (Å²) in [6, 6.07) is 21.3. The van der Waals surface area contributed by atoms with Gasteiger partial charge in [-0.2, -0.15) is 0 Å². The summed E-state index contributed by atoms with van der Waals surface area (Å²) in [5, 5.41) is 2.15. The molecule has 3 heteroatoms. The number of benzene rings is 3. The first-order chi connectivity index (χ1) is 12.3. The fourth-order valence-corrected chi connectivity index (χ4v) is 3.04. The van der Waals surface area contributed by atoms with Crippen LogP contribution in [0.4, 0.5) is 0 Å². The van der Waals surface area contributed by atoms with Crippen molar-refractivity contribution in [1.82, 2.24) is 4.57 Å². The fraction of sp³-hybridized carbons (Fsp3) is 0.0909. The largest absolute Gasteiger partial charge is 0.309 e. The van der Waals surface area contributed by atoms with Gasteiger partial charge >= 0.3 is 0 Å². The molecule has 4 aromatic rings. The van der Waals surface area contributed by atoms with E-state index in [1.54, 1.807) is 0 Å². The number of hydrogen-bond acceptors (Lipinski definition) is 2. The molecule has 0 fully saturated rings. The minimum Gasteiger partial charge on any atom is -0.309 e. The van der Waals surface area contributed by atoms with Crippen molar-refractivity contribution in [2.24, 2.45) is 0 Å². The number of aldehydes is 2. The molecule has 0 amide bonds. The van der Waals surface area contributed by atoms with E-state index < -0.39 is 0 Å². The van der Waals surface area contributed by atoms with E-state index in [-0.39, 0.29) is 0 Å². The van der Waals surface area contributed by atoms with Crippen molar-refractivity contribution >= 4 is 34.4 Å². The monoisotopic (exact) mass is 329 g/mol. The van der Waals surface area contributed by atoms with Crippen molar-refractivity contribution in [3.63, 3.8) is 0 Å². The van der Waals surface area contributed by atoms with Crippen LogP contribution >= 0.6 is 0 Å². The number of fused-ring (bicyclic) bond motifs is 3. The zero-order valence-electron chi connectivity index (χ0n) is 14.3. The molecule has 1 heterocycles. The molecular formula is C22H19NO2. The Bertz CT molecular complexity index is 1040. The molecule has 0 radical (unpaired) electrons. The molecule has 0 N–H and O–H groups in total. The van der Waals surface area contributed by atoms with Gasteiger partial charge in [0.05, 0.1) is 11.0 Å². The van der Waals surface area contributed by atoms with Gasteiger partial charge in [0.1, 0.15) is 12.6 Å². The van der Waals surface area contributed by atoms with Crippen LogP contribution in [-0.2, 0) is 0 Å². The number of hydrogen-bond donors (Lipinski definition) is 0. The SMILES string of the molecule is CC.O=Cc1ccc(-n2c3ccccc3c3cc(C=O)ccc32)cc1. The molecule has 0 atom stereocenters. The average Bonchev–Trinajstić information content (AvgIpc) is 3.03. The number of para-hydroxylation sites is 1. The lowest BCUT2D eigenvalue weighted by atomic mass is 10.1. The van der Waals surface area contributed by atoms with Crippen molar-refractivity contribution in [2.45, 2.75) is 13.8 Å². The van der Waals surface area contributed by atoms with Crippen LogP contribution in [0, 0.1) is 0 Å². The Balaban J connectivity index is 0.000000880. The van der Waals surface area contributed by atoms with Gasteiger partial charge in [0.15, 0.2) is 0 Å². The van der Waals surface area contributed by atoms with Crippen LogP contribution < -0.4 is 0 Å². The molecular weight excluding hydrogens is 310 g/mol. The molecule has 0 bridgehead atoms. The zero-order valence-corrected chi connectivity index (χ0v) is 14.3. The summed E-state index contributed by atoms with van der Waals surface area (Å²) in [5.74, 6) is 0. The van der Waals surface area contributed by atoms with Crippen molar-refractivity contribution in [2.75, 3.05) is 0 Å². The number of rotatable bonds is 3.